The van der Waals surface area contributed by atoms with Crippen LogP contribution in [0.1, 0.15) is 16.7 Å². The molecule has 1 aliphatic rings. The fourth-order valence-corrected chi connectivity index (χ4v) is 4.12. The van der Waals surface area contributed by atoms with E-state index in [4.69, 9.17) is 4.74 Å². The average molecular weight is 493 g/mol. The monoisotopic (exact) mass is 492 g/mol. The summed E-state index contributed by atoms with van der Waals surface area (Å²) < 4.78 is 6.07. The van der Waals surface area contributed by atoms with Crippen LogP contribution in [0.15, 0.2) is 39.7 Å². The molecule has 1 heterocycles. The van der Waals surface area contributed by atoms with Crippen molar-refractivity contribution in [3.05, 3.63) is 66.5 Å². The van der Waals surface area contributed by atoms with Crippen LogP contribution in [0.4, 0.5) is 10.5 Å². The summed E-state index contributed by atoms with van der Waals surface area (Å²) in [7, 11) is 0. The molecule has 0 bridgehead atoms. The van der Waals surface area contributed by atoms with Gasteiger partial charge in [0.05, 0.1) is 16.4 Å². The minimum Gasteiger partial charge on any atom is -0.502 e. The smallest absolute Gasteiger partial charge is 0.312 e. The van der Waals surface area contributed by atoms with Gasteiger partial charge in [0.15, 0.2) is 0 Å². The molecule has 0 aromatic heterocycles. The highest BCUT2D eigenvalue weighted by Gasteiger charge is 2.35. The van der Waals surface area contributed by atoms with Gasteiger partial charge in [-0.1, -0.05) is 28.1 Å². The highest BCUT2D eigenvalue weighted by Crippen LogP contribution is 2.38. The molecule has 2 aromatic carbocycles. The quantitative estimate of drug-likeness (QED) is 0.350. The number of ether oxygens (including phenoxy) is 1. The van der Waals surface area contributed by atoms with Gasteiger partial charge >= 0.3 is 5.69 Å². The third-order valence-corrected chi connectivity index (χ3v) is 5.72. The molecule has 0 aliphatic carbocycles. The molecule has 0 saturated carbocycles. The van der Waals surface area contributed by atoms with Crippen molar-refractivity contribution in [2.75, 3.05) is 13.2 Å². The number of imide groups is 1. The lowest BCUT2D eigenvalue weighted by atomic mass is 10.1. The molecule has 0 atom stereocenters. The molecular formula is C20H17BrN2O6S. The number of carbonyl (C=O) groups excluding carboxylic acids is 2. The van der Waals surface area contributed by atoms with Gasteiger partial charge < -0.3 is 9.84 Å². The predicted molar refractivity (Wildman–Crippen MR) is 117 cm³/mol. The van der Waals surface area contributed by atoms with E-state index in [9.17, 15) is 24.8 Å². The van der Waals surface area contributed by atoms with Crippen LogP contribution < -0.4 is 4.74 Å². The molecule has 8 nitrogen and oxygen atoms in total. The molecule has 10 heteroatoms. The number of nitro benzene ring substituents is 1. The fourth-order valence-electron chi connectivity index (χ4n) is 2.80. The van der Waals surface area contributed by atoms with Gasteiger partial charge in [-0.15, -0.1) is 0 Å². The SMILES string of the molecule is Cc1ccc(C)c(OCCN2C(=O)S/C(=C\c3cc(Br)cc([N+](=O)[O-])c3O)C2=O)c1. The zero-order valence-electron chi connectivity index (χ0n) is 16.0. The molecule has 2 aromatic rings. The van der Waals surface area contributed by atoms with Gasteiger partial charge in [0.2, 0.25) is 5.75 Å². The first kappa shape index (κ1) is 21.8. The van der Waals surface area contributed by atoms with Gasteiger partial charge in [0.1, 0.15) is 12.4 Å². The number of aromatic hydroxyl groups is 1. The molecule has 0 spiro atoms. The van der Waals surface area contributed by atoms with Crippen LogP contribution in [0.25, 0.3) is 6.08 Å². The molecule has 156 valence electrons. The van der Waals surface area contributed by atoms with Gasteiger partial charge in [0.25, 0.3) is 11.1 Å². The molecule has 1 fully saturated rings. The number of thioether (sulfide) groups is 1. The second-order valence-electron chi connectivity index (χ2n) is 6.57. The first-order valence-corrected chi connectivity index (χ1v) is 10.4. The first-order valence-electron chi connectivity index (χ1n) is 8.79. The van der Waals surface area contributed by atoms with Crippen molar-refractivity contribution in [2.24, 2.45) is 0 Å². The summed E-state index contributed by atoms with van der Waals surface area (Å²) >= 11 is 3.84. The summed E-state index contributed by atoms with van der Waals surface area (Å²) in [6.07, 6.45) is 1.27. The Kier molecular flexibility index (Phi) is 6.47. The molecule has 1 N–H and O–H groups in total. The van der Waals surface area contributed by atoms with Crippen LogP contribution in [0.2, 0.25) is 0 Å². The molecule has 0 radical (unpaired) electrons. The first-order chi connectivity index (χ1) is 14.2. The normalized spacial score (nSPS) is 15.2. The number of amides is 2. The Bertz CT molecular complexity index is 1090. The molecule has 2 amide bonds. The minimum atomic E-state index is -0.728. The third-order valence-electron chi connectivity index (χ3n) is 4.36. The van der Waals surface area contributed by atoms with E-state index in [0.29, 0.717) is 22.0 Å². The van der Waals surface area contributed by atoms with E-state index < -0.39 is 27.5 Å². The Labute approximate surface area is 184 Å². The number of nitro groups is 1. The van der Waals surface area contributed by atoms with Crippen LogP contribution in [0.3, 0.4) is 0 Å². The predicted octanol–water partition coefficient (Wildman–Crippen LogP) is 4.80. The van der Waals surface area contributed by atoms with E-state index >= 15 is 0 Å². The van der Waals surface area contributed by atoms with Crippen molar-refractivity contribution in [3.8, 4) is 11.5 Å². The number of hydrogen-bond donors (Lipinski definition) is 1. The van der Waals surface area contributed by atoms with Gasteiger partial charge in [0, 0.05) is 16.1 Å². The van der Waals surface area contributed by atoms with E-state index in [1.807, 2.05) is 32.0 Å². The Morgan fingerprint density at radius 1 is 1.27 bits per heavy atom. The van der Waals surface area contributed by atoms with E-state index in [2.05, 4.69) is 15.9 Å². The highest BCUT2D eigenvalue weighted by atomic mass is 79.9. The summed E-state index contributed by atoms with van der Waals surface area (Å²) in [5.41, 5.74) is 1.54. The van der Waals surface area contributed by atoms with Crippen LogP contribution in [0, 0.1) is 24.0 Å². The van der Waals surface area contributed by atoms with E-state index in [1.165, 1.54) is 12.1 Å². The molecule has 0 unspecified atom stereocenters. The van der Waals surface area contributed by atoms with Crippen LogP contribution in [-0.4, -0.2) is 39.2 Å². The average Bonchev–Trinajstić information content (AvgIpc) is 2.94. The molecule has 3 rings (SSSR count). The zero-order chi connectivity index (χ0) is 22.0. The lowest BCUT2D eigenvalue weighted by molar-refractivity contribution is -0.385. The Hall–Kier alpha value is -2.85. The molecule has 30 heavy (non-hydrogen) atoms. The number of nitrogens with zero attached hydrogens (tertiary/aromatic N) is 2. The maximum atomic E-state index is 12.6. The molecule has 1 aliphatic heterocycles. The van der Waals surface area contributed by atoms with Crippen molar-refractivity contribution in [1.82, 2.24) is 4.90 Å². The van der Waals surface area contributed by atoms with Gasteiger partial charge in [-0.05, 0) is 54.9 Å². The Morgan fingerprint density at radius 3 is 2.70 bits per heavy atom. The highest BCUT2D eigenvalue weighted by molar-refractivity contribution is 9.10. The minimum absolute atomic E-state index is 0.0556. The van der Waals surface area contributed by atoms with Crippen LogP contribution in [-0.2, 0) is 4.79 Å². The lowest BCUT2D eigenvalue weighted by Crippen LogP contribution is -2.32. The third kappa shape index (κ3) is 4.65. The number of benzene rings is 2. The number of phenols is 1. The van der Waals surface area contributed by atoms with Crippen molar-refractivity contribution in [1.29, 1.82) is 0 Å². The Balaban J connectivity index is 1.75. The summed E-state index contributed by atoms with van der Waals surface area (Å²) in [6.45, 7) is 4.03. The van der Waals surface area contributed by atoms with Crippen molar-refractivity contribution >= 4 is 50.6 Å². The van der Waals surface area contributed by atoms with E-state index in [1.54, 1.807) is 0 Å². The summed E-state index contributed by atoms with van der Waals surface area (Å²) in [4.78, 5) is 36.3. The van der Waals surface area contributed by atoms with Crippen molar-refractivity contribution in [2.45, 2.75) is 13.8 Å². The largest absolute Gasteiger partial charge is 0.502 e. The standard InChI is InChI=1S/C20H17BrN2O6S/c1-11-3-4-12(2)16(7-11)29-6-5-22-19(25)17(30-20(22)26)9-13-8-14(21)10-15(18(13)24)23(27)28/h3-4,7-10,24H,5-6H2,1-2H3/b17-9-. The summed E-state index contributed by atoms with van der Waals surface area (Å²) in [5.74, 6) is -0.436. The van der Waals surface area contributed by atoms with E-state index in [-0.39, 0.29) is 23.6 Å². The van der Waals surface area contributed by atoms with Gasteiger partial charge in [-0.3, -0.25) is 24.6 Å². The van der Waals surface area contributed by atoms with Crippen molar-refractivity contribution < 1.29 is 24.4 Å². The molecular weight excluding hydrogens is 476 g/mol. The van der Waals surface area contributed by atoms with Crippen molar-refractivity contribution in [3.63, 3.8) is 0 Å². The maximum Gasteiger partial charge on any atom is 0.312 e. The number of hydrogen-bond acceptors (Lipinski definition) is 7. The number of carbonyl (C=O) groups is 2. The maximum absolute atomic E-state index is 12.6. The second-order valence-corrected chi connectivity index (χ2v) is 8.48. The number of phenolic OH excluding ortho intramolecular Hbond substituents is 1. The van der Waals surface area contributed by atoms with Gasteiger partial charge in [-0.25, -0.2) is 0 Å². The number of rotatable bonds is 6. The van der Waals surface area contributed by atoms with E-state index in [0.717, 1.165) is 22.1 Å². The van der Waals surface area contributed by atoms with Gasteiger partial charge in [-0.2, -0.15) is 0 Å². The second kappa shape index (κ2) is 8.88. The topological polar surface area (TPSA) is 110 Å². The fraction of sp³-hybridized carbons (Fsp3) is 0.200. The number of aryl methyl sites for hydroxylation is 2. The Morgan fingerprint density at radius 2 is 2.00 bits per heavy atom. The lowest BCUT2D eigenvalue weighted by Gasteiger charge is -2.14. The summed E-state index contributed by atoms with van der Waals surface area (Å²) in [6, 6.07) is 8.36. The van der Waals surface area contributed by atoms with Crippen LogP contribution in [0.5, 0.6) is 11.5 Å². The zero-order valence-corrected chi connectivity index (χ0v) is 18.4. The summed E-state index contributed by atoms with van der Waals surface area (Å²) in [5, 5.41) is 20.7. The molecule has 1 saturated heterocycles. The number of halogens is 1. The van der Waals surface area contributed by atoms with Crippen LogP contribution >= 0.6 is 27.7 Å².